The van der Waals surface area contributed by atoms with Crippen molar-refractivity contribution in [2.75, 3.05) is 40.5 Å². The molecule has 3 heteroatoms. The lowest BCUT2D eigenvalue weighted by molar-refractivity contribution is -0.0287. The SMILES string of the molecule is CCCCCCCCC=CCCCCCCCCCOCC(CN(C)C)OCCCCCCCCC=CCCCCCCCC. The van der Waals surface area contributed by atoms with Crippen molar-refractivity contribution in [2.24, 2.45) is 0 Å². The Bertz CT molecular complexity index is 587. The molecule has 1 atom stereocenters. The zero-order valence-electron chi connectivity index (χ0n) is 31.5. The fourth-order valence-corrected chi connectivity index (χ4v) is 6.00. The van der Waals surface area contributed by atoms with Crippen LogP contribution in [0.25, 0.3) is 0 Å². The molecule has 0 amide bonds. The molecule has 0 saturated carbocycles. The molecule has 0 aliphatic heterocycles. The number of hydrogen-bond donors (Lipinski definition) is 0. The first-order valence-electron chi connectivity index (χ1n) is 20.3. The topological polar surface area (TPSA) is 21.7 Å². The summed E-state index contributed by atoms with van der Waals surface area (Å²) in [6.07, 6.45) is 49.1. The van der Waals surface area contributed by atoms with E-state index in [9.17, 15) is 0 Å². The van der Waals surface area contributed by atoms with Crippen LogP contribution in [0.4, 0.5) is 0 Å². The largest absolute Gasteiger partial charge is 0.379 e. The average Bonchev–Trinajstić information content (AvgIpc) is 3.03. The van der Waals surface area contributed by atoms with Gasteiger partial charge in [-0.2, -0.15) is 0 Å². The first kappa shape index (κ1) is 44.4. The van der Waals surface area contributed by atoms with E-state index in [0.29, 0.717) is 0 Å². The normalized spacial score (nSPS) is 12.8. The molecule has 0 fully saturated rings. The summed E-state index contributed by atoms with van der Waals surface area (Å²) < 4.78 is 12.3. The van der Waals surface area contributed by atoms with Gasteiger partial charge in [0.1, 0.15) is 0 Å². The number of nitrogens with zero attached hydrogens (tertiary/aromatic N) is 1. The Kier molecular flexibility index (Phi) is 39.0. The molecule has 45 heavy (non-hydrogen) atoms. The van der Waals surface area contributed by atoms with Crippen molar-refractivity contribution < 1.29 is 9.47 Å². The summed E-state index contributed by atoms with van der Waals surface area (Å²) in [5.41, 5.74) is 0. The number of ether oxygens (including phenoxy) is 2. The molecule has 0 aromatic rings. The molecular formula is C42H83NO2. The second-order valence-electron chi connectivity index (χ2n) is 14.1. The summed E-state index contributed by atoms with van der Waals surface area (Å²) in [4.78, 5) is 2.22. The molecule has 0 N–H and O–H groups in total. The minimum Gasteiger partial charge on any atom is -0.379 e. The van der Waals surface area contributed by atoms with Crippen LogP contribution < -0.4 is 0 Å². The predicted molar refractivity (Wildman–Crippen MR) is 203 cm³/mol. The van der Waals surface area contributed by atoms with Gasteiger partial charge in [-0.15, -0.1) is 0 Å². The maximum absolute atomic E-state index is 6.23. The highest BCUT2D eigenvalue weighted by atomic mass is 16.5. The van der Waals surface area contributed by atoms with E-state index >= 15 is 0 Å². The molecule has 0 aromatic heterocycles. The molecule has 0 aromatic carbocycles. The van der Waals surface area contributed by atoms with Gasteiger partial charge in [0.2, 0.25) is 0 Å². The van der Waals surface area contributed by atoms with Gasteiger partial charge in [0.15, 0.2) is 0 Å². The van der Waals surface area contributed by atoms with Crippen LogP contribution in [0.2, 0.25) is 0 Å². The lowest BCUT2D eigenvalue weighted by atomic mass is 10.1. The second-order valence-corrected chi connectivity index (χ2v) is 14.1. The Morgan fingerprint density at radius 2 is 0.756 bits per heavy atom. The summed E-state index contributed by atoms with van der Waals surface area (Å²) in [6.45, 7) is 8.01. The first-order chi connectivity index (χ1) is 22.2. The van der Waals surface area contributed by atoms with E-state index in [1.807, 2.05) is 0 Å². The van der Waals surface area contributed by atoms with Gasteiger partial charge in [-0.25, -0.2) is 0 Å². The van der Waals surface area contributed by atoms with Gasteiger partial charge in [0.05, 0.1) is 12.7 Å². The van der Waals surface area contributed by atoms with Crippen LogP contribution in [0.3, 0.4) is 0 Å². The van der Waals surface area contributed by atoms with Crippen LogP contribution in [0.5, 0.6) is 0 Å². The van der Waals surface area contributed by atoms with E-state index in [1.54, 1.807) is 0 Å². The third-order valence-electron chi connectivity index (χ3n) is 8.93. The monoisotopic (exact) mass is 634 g/mol. The zero-order valence-corrected chi connectivity index (χ0v) is 31.5. The van der Waals surface area contributed by atoms with Gasteiger partial charge >= 0.3 is 0 Å². The zero-order chi connectivity index (χ0) is 32.7. The molecule has 0 bridgehead atoms. The Morgan fingerprint density at radius 3 is 1.13 bits per heavy atom. The Morgan fingerprint density at radius 1 is 0.422 bits per heavy atom. The molecule has 0 rings (SSSR count). The van der Waals surface area contributed by atoms with E-state index in [-0.39, 0.29) is 6.10 Å². The fourth-order valence-electron chi connectivity index (χ4n) is 6.00. The van der Waals surface area contributed by atoms with Gasteiger partial charge in [0, 0.05) is 19.8 Å². The van der Waals surface area contributed by atoms with Crippen molar-refractivity contribution in [1.82, 2.24) is 4.90 Å². The summed E-state index contributed by atoms with van der Waals surface area (Å²) in [5.74, 6) is 0. The molecule has 3 nitrogen and oxygen atoms in total. The lowest BCUT2D eigenvalue weighted by Gasteiger charge is -2.21. The van der Waals surface area contributed by atoms with Crippen LogP contribution >= 0.6 is 0 Å². The molecule has 0 radical (unpaired) electrons. The van der Waals surface area contributed by atoms with Crippen LogP contribution in [0, 0.1) is 0 Å². The summed E-state index contributed by atoms with van der Waals surface area (Å²) in [7, 11) is 4.26. The van der Waals surface area contributed by atoms with Crippen LogP contribution in [-0.4, -0.2) is 51.5 Å². The molecule has 0 spiro atoms. The van der Waals surface area contributed by atoms with Crippen LogP contribution in [0.1, 0.15) is 200 Å². The maximum Gasteiger partial charge on any atom is 0.0934 e. The molecule has 1 unspecified atom stereocenters. The van der Waals surface area contributed by atoms with E-state index in [2.05, 4.69) is 57.1 Å². The molecular weight excluding hydrogens is 550 g/mol. The average molecular weight is 634 g/mol. The highest BCUT2D eigenvalue weighted by molar-refractivity contribution is 4.82. The van der Waals surface area contributed by atoms with E-state index in [1.165, 1.54) is 186 Å². The van der Waals surface area contributed by atoms with Gasteiger partial charge in [-0.3, -0.25) is 0 Å². The summed E-state index contributed by atoms with van der Waals surface area (Å²) >= 11 is 0. The summed E-state index contributed by atoms with van der Waals surface area (Å²) in [5, 5.41) is 0. The summed E-state index contributed by atoms with van der Waals surface area (Å²) in [6, 6.07) is 0. The van der Waals surface area contributed by atoms with Crippen molar-refractivity contribution in [3.8, 4) is 0 Å². The third-order valence-corrected chi connectivity index (χ3v) is 8.93. The van der Waals surface area contributed by atoms with Crippen molar-refractivity contribution in [3.63, 3.8) is 0 Å². The third kappa shape index (κ3) is 39.5. The van der Waals surface area contributed by atoms with Gasteiger partial charge in [0.25, 0.3) is 0 Å². The van der Waals surface area contributed by atoms with E-state index < -0.39 is 0 Å². The number of unbranched alkanes of at least 4 members (excludes halogenated alkanes) is 25. The van der Waals surface area contributed by atoms with Gasteiger partial charge in [-0.1, -0.05) is 160 Å². The second kappa shape index (κ2) is 39.5. The number of rotatable bonds is 38. The van der Waals surface area contributed by atoms with Gasteiger partial charge in [-0.05, 0) is 78.3 Å². The Balaban J connectivity index is 3.51. The smallest absolute Gasteiger partial charge is 0.0934 e. The Hall–Kier alpha value is -0.640. The maximum atomic E-state index is 6.23. The van der Waals surface area contributed by atoms with Crippen molar-refractivity contribution in [1.29, 1.82) is 0 Å². The highest BCUT2D eigenvalue weighted by Crippen LogP contribution is 2.12. The standard InChI is InChI=1S/C42H83NO2/c1-5-7-9-11-13-15-17-19-21-23-24-26-28-30-32-34-36-38-44-41-42(40-43(3)4)45-39-37-35-33-31-29-27-25-22-20-18-16-14-12-10-8-6-2/h19-22,42H,5-18,23-41H2,1-4H3. The number of allylic oxidation sites excluding steroid dienone is 4. The fraction of sp³-hybridized carbons (Fsp3) is 0.905. The number of likely N-dealkylation sites (N-methyl/N-ethyl adjacent to an activating group) is 1. The van der Waals surface area contributed by atoms with Gasteiger partial charge < -0.3 is 14.4 Å². The first-order valence-corrected chi connectivity index (χ1v) is 20.3. The molecule has 0 aliphatic rings. The quantitative estimate of drug-likeness (QED) is 0.0499. The number of hydrogen-bond acceptors (Lipinski definition) is 3. The highest BCUT2D eigenvalue weighted by Gasteiger charge is 2.10. The molecule has 0 aliphatic carbocycles. The minimum absolute atomic E-state index is 0.197. The van der Waals surface area contributed by atoms with Crippen LogP contribution in [0.15, 0.2) is 24.3 Å². The van der Waals surface area contributed by atoms with E-state index in [4.69, 9.17) is 9.47 Å². The molecule has 0 saturated heterocycles. The van der Waals surface area contributed by atoms with E-state index in [0.717, 1.165) is 26.4 Å². The Labute approximate surface area is 284 Å². The van der Waals surface area contributed by atoms with Crippen molar-refractivity contribution >= 4 is 0 Å². The molecule has 0 heterocycles. The lowest BCUT2D eigenvalue weighted by Crippen LogP contribution is -2.32. The van der Waals surface area contributed by atoms with Crippen LogP contribution in [-0.2, 0) is 9.47 Å². The van der Waals surface area contributed by atoms with Crippen molar-refractivity contribution in [2.45, 2.75) is 206 Å². The minimum atomic E-state index is 0.197. The predicted octanol–water partition coefficient (Wildman–Crippen LogP) is 13.4. The van der Waals surface area contributed by atoms with Crippen molar-refractivity contribution in [3.05, 3.63) is 24.3 Å². The molecule has 268 valence electrons.